The minimum absolute atomic E-state index is 1.15. The number of rotatable bonds is 3. The van der Waals surface area contributed by atoms with Crippen molar-refractivity contribution in [2.75, 3.05) is 0 Å². The van der Waals surface area contributed by atoms with Gasteiger partial charge in [0.1, 0.15) is 0 Å². The van der Waals surface area contributed by atoms with E-state index in [9.17, 15) is 0 Å². The number of para-hydroxylation sites is 4. The standard InChI is InChI=1S/C50H31N3/c1-2-15-33(16-3-1)51-43-23-11-9-21-39(43)42-31-34(26-28-46(42)51)52-45-25-13-10-22-41(45)49-47(52)29-27-40-38-20-8-12-24-44(38)53(50(40)49)48-30-32-14-4-5-17-35(32)36-18-6-7-19-37(36)48/h1-31H. The molecule has 9 aromatic carbocycles. The van der Waals surface area contributed by atoms with E-state index in [2.05, 4.69) is 202 Å². The molecule has 246 valence electrons. The Morgan fingerprint density at radius 2 is 0.792 bits per heavy atom. The lowest BCUT2D eigenvalue weighted by atomic mass is 10.00. The first-order valence-corrected chi connectivity index (χ1v) is 18.3. The maximum atomic E-state index is 2.54. The summed E-state index contributed by atoms with van der Waals surface area (Å²) in [5, 5.41) is 12.5. The number of nitrogens with zero attached hydrogens (tertiary/aromatic N) is 3. The molecule has 0 spiro atoms. The van der Waals surface area contributed by atoms with Gasteiger partial charge in [0.25, 0.3) is 0 Å². The number of aromatic nitrogens is 3. The van der Waals surface area contributed by atoms with Crippen molar-refractivity contribution in [3.63, 3.8) is 0 Å². The van der Waals surface area contributed by atoms with E-state index in [1.54, 1.807) is 0 Å². The van der Waals surface area contributed by atoms with Crippen LogP contribution in [0.3, 0.4) is 0 Å². The Hall–Kier alpha value is -7.10. The highest BCUT2D eigenvalue weighted by atomic mass is 15.0. The fraction of sp³-hybridized carbons (Fsp3) is 0. The van der Waals surface area contributed by atoms with Crippen LogP contribution in [0.4, 0.5) is 0 Å². The number of hydrogen-bond donors (Lipinski definition) is 0. The lowest BCUT2D eigenvalue weighted by Crippen LogP contribution is -1.97. The Balaban J connectivity index is 1.22. The van der Waals surface area contributed by atoms with Crippen molar-refractivity contribution in [2.24, 2.45) is 0 Å². The van der Waals surface area contributed by atoms with E-state index in [0.29, 0.717) is 0 Å². The second-order valence-corrected chi connectivity index (χ2v) is 14.1. The Morgan fingerprint density at radius 3 is 1.57 bits per heavy atom. The van der Waals surface area contributed by atoms with Gasteiger partial charge in [-0.3, -0.25) is 0 Å². The minimum Gasteiger partial charge on any atom is -0.309 e. The monoisotopic (exact) mass is 673 g/mol. The van der Waals surface area contributed by atoms with Gasteiger partial charge in [-0.1, -0.05) is 127 Å². The molecule has 0 amide bonds. The van der Waals surface area contributed by atoms with Gasteiger partial charge in [-0.15, -0.1) is 0 Å². The van der Waals surface area contributed by atoms with Gasteiger partial charge < -0.3 is 13.7 Å². The van der Waals surface area contributed by atoms with Gasteiger partial charge in [0.15, 0.2) is 0 Å². The van der Waals surface area contributed by atoms with Crippen LogP contribution in [0.25, 0.3) is 104 Å². The summed E-state index contributed by atoms with van der Waals surface area (Å²) in [5.41, 5.74) is 10.8. The molecule has 0 radical (unpaired) electrons. The molecular formula is C50H31N3. The van der Waals surface area contributed by atoms with Crippen LogP contribution < -0.4 is 0 Å². The fourth-order valence-corrected chi connectivity index (χ4v) is 9.21. The van der Waals surface area contributed by atoms with Crippen LogP contribution in [0.15, 0.2) is 188 Å². The van der Waals surface area contributed by atoms with E-state index in [0.717, 1.165) is 5.69 Å². The van der Waals surface area contributed by atoms with Crippen molar-refractivity contribution < 1.29 is 0 Å². The van der Waals surface area contributed by atoms with Crippen molar-refractivity contribution in [1.29, 1.82) is 0 Å². The molecule has 0 aliphatic heterocycles. The van der Waals surface area contributed by atoms with Gasteiger partial charge in [-0.05, 0) is 76.8 Å². The largest absolute Gasteiger partial charge is 0.309 e. The quantitative estimate of drug-likeness (QED) is 0.166. The lowest BCUT2D eigenvalue weighted by Gasteiger charge is -2.15. The summed E-state index contributed by atoms with van der Waals surface area (Å²) < 4.78 is 7.39. The average molecular weight is 674 g/mol. The zero-order valence-corrected chi connectivity index (χ0v) is 28.7. The lowest BCUT2D eigenvalue weighted by molar-refractivity contribution is 1.16. The first-order valence-electron chi connectivity index (χ1n) is 18.3. The molecule has 0 unspecified atom stereocenters. The van der Waals surface area contributed by atoms with Crippen molar-refractivity contribution in [3.8, 4) is 17.1 Å². The molecular weight excluding hydrogens is 643 g/mol. The SMILES string of the molecule is c1ccc(-n2c3ccccc3c3cc(-n4c5ccccc5c5c4ccc4c6ccccc6n(-c6cc7ccccc7c7ccccc67)c45)ccc32)cc1. The summed E-state index contributed by atoms with van der Waals surface area (Å²) in [4.78, 5) is 0. The topological polar surface area (TPSA) is 14.8 Å². The highest BCUT2D eigenvalue weighted by Crippen LogP contribution is 2.44. The molecule has 53 heavy (non-hydrogen) atoms. The molecule has 0 fully saturated rings. The number of benzene rings is 9. The molecule has 0 saturated heterocycles. The van der Waals surface area contributed by atoms with E-state index < -0.39 is 0 Å². The molecule has 0 atom stereocenters. The molecule has 3 heteroatoms. The van der Waals surface area contributed by atoms with Crippen LogP contribution >= 0.6 is 0 Å². The molecule has 0 N–H and O–H groups in total. The van der Waals surface area contributed by atoms with Crippen molar-refractivity contribution in [1.82, 2.24) is 13.7 Å². The second-order valence-electron chi connectivity index (χ2n) is 14.1. The maximum Gasteiger partial charge on any atom is 0.0641 e. The Kier molecular flexibility index (Phi) is 5.77. The van der Waals surface area contributed by atoms with Crippen LogP contribution in [-0.4, -0.2) is 13.7 Å². The summed E-state index contributed by atoms with van der Waals surface area (Å²) in [5.74, 6) is 0. The smallest absolute Gasteiger partial charge is 0.0641 e. The molecule has 0 bridgehead atoms. The fourth-order valence-electron chi connectivity index (χ4n) is 9.21. The highest BCUT2D eigenvalue weighted by Gasteiger charge is 2.23. The average Bonchev–Trinajstić information content (AvgIpc) is 3.86. The molecule has 3 aromatic heterocycles. The maximum absolute atomic E-state index is 2.54. The molecule has 0 aliphatic carbocycles. The van der Waals surface area contributed by atoms with Crippen LogP contribution in [0.1, 0.15) is 0 Å². The van der Waals surface area contributed by atoms with E-state index in [1.807, 2.05) is 0 Å². The third-order valence-electron chi connectivity index (χ3n) is 11.4. The second kappa shape index (κ2) is 10.7. The number of hydrogen-bond acceptors (Lipinski definition) is 0. The van der Waals surface area contributed by atoms with Crippen molar-refractivity contribution >= 4 is 87.0 Å². The molecule has 12 rings (SSSR count). The third kappa shape index (κ3) is 3.88. The molecule has 12 aromatic rings. The minimum atomic E-state index is 1.15. The van der Waals surface area contributed by atoms with Gasteiger partial charge >= 0.3 is 0 Å². The zero-order chi connectivity index (χ0) is 34.6. The summed E-state index contributed by atoms with van der Waals surface area (Å²) in [7, 11) is 0. The van der Waals surface area contributed by atoms with Gasteiger partial charge in [0.05, 0.1) is 38.8 Å². The van der Waals surface area contributed by atoms with Crippen LogP contribution in [0, 0.1) is 0 Å². The first kappa shape index (κ1) is 28.6. The van der Waals surface area contributed by atoms with Gasteiger partial charge in [-0.25, -0.2) is 0 Å². The van der Waals surface area contributed by atoms with Crippen LogP contribution in [0.2, 0.25) is 0 Å². The van der Waals surface area contributed by atoms with E-state index in [4.69, 9.17) is 0 Å². The van der Waals surface area contributed by atoms with Crippen molar-refractivity contribution in [3.05, 3.63) is 188 Å². The van der Waals surface area contributed by atoms with E-state index >= 15 is 0 Å². The van der Waals surface area contributed by atoms with Crippen LogP contribution in [-0.2, 0) is 0 Å². The Bertz CT molecular complexity index is 3450. The molecule has 0 aliphatic rings. The summed E-state index contributed by atoms with van der Waals surface area (Å²) >= 11 is 0. The van der Waals surface area contributed by atoms with Gasteiger partial charge in [0.2, 0.25) is 0 Å². The predicted molar refractivity (Wildman–Crippen MR) is 224 cm³/mol. The normalized spacial score (nSPS) is 12.2. The third-order valence-corrected chi connectivity index (χ3v) is 11.4. The van der Waals surface area contributed by atoms with Crippen LogP contribution in [0.5, 0.6) is 0 Å². The summed E-state index contributed by atoms with van der Waals surface area (Å²) in [6.07, 6.45) is 0. The first-order chi connectivity index (χ1) is 26.3. The number of fused-ring (bicyclic) bond motifs is 13. The Morgan fingerprint density at radius 1 is 0.264 bits per heavy atom. The van der Waals surface area contributed by atoms with E-state index in [1.165, 1.54) is 98.3 Å². The molecule has 3 heterocycles. The predicted octanol–water partition coefficient (Wildman–Crippen LogP) is 13.3. The van der Waals surface area contributed by atoms with Crippen molar-refractivity contribution in [2.45, 2.75) is 0 Å². The molecule has 3 nitrogen and oxygen atoms in total. The molecule has 0 saturated carbocycles. The zero-order valence-electron chi connectivity index (χ0n) is 28.7. The summed E-state index contributed by atoms with van der Waals surface area (Å²) in [6, 6.07) is 69.0. The van der Waals surface area contributed by atoms with E-state index in [-0.39, 0.29) is 0 Å². The van der Waals surface area contributed by atoms with Gasteiger partial charge in [0, 0.05) is 49.1 Å². The van der Waals surface area contributed by atoms with Gasteiger partial charge in [-0.2, -0.15) is 0 Å². The summed E-state index contributed by atoms with van der Waals surface area (Å²) in [6.45, 7) is 0. The highest BCUT2D eigenvalue weighted by molar-refractivity contribution is 6.27. The Labute approximate surface area is 304 Å².